The van der Waals surface area contributed by atoms with E-state index in [2.05, 4.69) is 21.0 Å². The number of ether oxygens (including phenoxy) is 2. The molecular weight excluding hydrogens is 456 g/mol. The van der Waals surface area contributed by atoms with Crippen molar-refractivity contribution in [2.45, 2.75) is 13.5 Å². The van der Waals surface area contributed by atoms with E-state index in [0.29, 0.717) is 29.4 Å². The van der Waals surface area contributed by atoms with Gasteiger partial charge in [0.2, 0.25) is 0 Å². The van der Waals surface area contributed by atoms with Crippen molar-refractivity contribution in [2.24, 2.45) is 5.10 Å². The molecule has 0 N–H and O–H groups in total. The Hall–Kier alpha value is -3.38. The molecule has 1 aliphatic rings. The van der Waals surface area contributed by atoms with Crippen LogP contribution in [0.15, 0.2) is 87.9 Å². The van der Waals surface area contributed by atoms with Crippen LogP contribution >= 0.6 is 15.9 Å². The fraction of sp³-hybridized carbons (Fsp3) is 0.120. The molecular formula is C25H21BrN2O3. The Morgan fingerprint density at radius 1 is 1.03 bits per heavy atom. The SMILES string of the molecule is COc1cc(C=C2C(=O)N(c3ccccc3)N=C2C)cc(Br)c1OCc1ccccc1. The highest BCUT2D eigenvalue weighted by atomic mass is 79.9. The second-order valence-corrected chi connectivity index (χ2v) is 7.86. The molecule has 1 aliphatic heterocycles. The molecule has 1 heterocycles. The first-order valence-electron chi connectivity index (χ1n) is 9.78. The van der Waals surface area contributed by atoms with Crippen LogP contribution in [-0.2, 0) is 11.4 Å². The van der Waals surface area contributed by atoms with Crippen molar-refractivity contribution in [3.63, 3.8) is 0 Å². The van der Waals surface area contributed by atoms with Gasteiger partial charge in [0.1, 0.15) is 6.61 Å². The summed E-state index contributed by atoms with van der Waals surface area (Å²) in [5, 5.41) is 5.85. The molecule has 0 spiro atoms. The number of hydrazone groups is 1. The predicted molar refractivity (Wildman–Crippen MR) is 126 cm³/mol. The molecule has 0 radical (unpaired) electrons. The van der Waals surface area contributed by atoms with Crippen LogP contribution in [0.25, 0.3) is 6.08 Å². The van der Waals surface area contributed by atoms with Gasteiger partial charge in [0.05, 0.1) is 28.6 Å². The fourth-order valence-electron chi connectivity index (χ4n) is 3.29. The van der Waals surface area contributed by atoms with Crippen molar-refractivity contribution in [3.8, 4) is 11.5 Å². The van der Waals surface area contributed by atoms with Gasteiger partial charge in [-0.2, -0.15) is 10.1 Å². The molecule has 4 rings (SSSR count). The molecule has 31 heavy (non-hydrogen) atoms. The zero-order valence-electron chi connectivity index (χ0n) is 17.2. The minimum absolute atomic E-state index is 0.164. The summed E-state index contributed by atoms with van der Waals surface area (Å²) in [6.45, 7) is 2.25. The molecule has 3 aromatic rings. The lowest BCUT2D eigenvalue weighted by Crippen LogP contribution is -2.21. The molecule has 6 heteroatoms. The van der Waals surface area contributed by atoms with Crippen molar-refractivity contribution >= 4 is 39.3 Å². The number of nitrogens with zero attached hydrogens (tertiary/aromatic N) is 2. The fourth-order valence-corrected chi connectivity index (χ4v) is 3.86. The third-order valence-electron chi connectivity index (χ3n) is 4.85. The standard InChI is InChI=1S/C25H21BrN2O3/c1-17-21(25(29)28(27-17)20-11-7-4-8-12-20)13-19-14-22(26)24(23(15-19)30-2)31-16-18-9-5-3-6-10-18/h3-15H,16H2,1-2H3. The van der Waals surface area contributed by atoms with E-state index >= 15 is 0 Å². The summed E-state index contributed by atoms with van der Waals surface area (Å²) in [5.41, 5.74) is 3.80. The van der Waals surface area contributed by atoms with Crippen LogP contribution in [0, 0.1) is 0 Å². The van der Waals surface area contributed by atoms with Crippen LogP contribution in [0.1, 0.15) is 18.1 Å². The third kappa shape index (κ3) is 4.54. The van der Waals surface area contributed by atoms with E-state index in [4.69, 9.17) is 9.47 Å². The van der Waals surface area contributed by atoms with Crippen molar-refractivity contribution in [1.29, 1.82) is 0 Å². The lowest BCUT2D eigenvalue weighted by Gasteiger charge is -2.14. The van der Waals surface area contributed by atoms with E-state index in [1.54, 1.807) is 7.11 Å². The summed E-state index contributed by atoms with van der Waals surface area (Å²) in [6, 6.07) is 23.1. The Kier molecular flexibility index (Phi) is 6.18. The van der Waals surface area contributed by atoms with Crippen LogP contribution in [-0.4, -0.2) is 18.7 Å². The third-order valence-corrected chi connectivity index (χ3v) is 5.44. The topological polar surface area (TPSA) is 51.1 Å². The lowest BCUT2D eigenvalue weighted by molar-refractivity contribution is -0.114. The summed E-state index contributed by atoms with van der Waals surface area (Å²) in [5.74, 6) is 1.03. The molecule has 5 nitrogen and oxygen atoms in total. The second kappa shape index (κ2) is 9.18. The molecule has 156 valence electrons. The monoisotopic (exact) mass is 476 g/mol. The van der Waals surface area contributed by atoms with Gasteiger partial charge in [0, 0.05) is 0 Å². The number of hydrogen-bond acceptors (Lipinski definition) is 4. The molecule has 0 atom stereocenters. The van der Waals surface area contributed by atoms with E-state index in [1.165, 1.54) is 5.01 Å². The van der Waals surface area contributed by atoms with Gasteiger partial charge in [0.25, 0.3) is 5.91 Å². The summed E-state index contributed by atoms with van der Waals surface area (Å²) in [4.78, 5) is 13.0. The Morgan fingerprint density at radius 3 is 2.39 bits per heavy atom. The smallest absolute Gasteiger partial charge is 0.280 e. The van der Waals surface area contributed by atoms with Crippen LogP contribution < -0.4 is 14.5 Å². The van der Waals surface area contributed by atoms with Gasteiger partial charge < -0.3 is 9.47 Å². The van der Waals surface area contributed by atoms with Crippen LogP contribution in [0.4, 0.5) is 5.69 Å². The summed E-state index contributed by atoms with van der Waals surface area (Å²) in [6.07, 6.45) is 1.82. The van der Waals surface area contributed by atoms with Crippen LogP contribution in [0.5, 0.6) is 11.5 Å². The molecule has 0 fully saturated rings. The zero-order valence-corrected chi connectivity index (χ0v) is 18.8. The molecule has 0 aliphatic carbocycles. The summed E-state index contributed by atoms with van der Waals surface area (Å²) in [7, 11) is 1.60. The number of carbonyl (C=O) groups excluding carboxylic acids is 1. The van der Waals surface area contributed by atoms with Crippen molar-refractivity contribution in [3.05, 3.63) is 94.0 Å². The molecule has 0 bridgehead atoms. The maximum absolute atomic E-state index is 13.0. The number of carbonyl (C=O) groups is 1. The normalized spacial score (nSPS) is 14.7. The van der Waals surface area contributed by atoms with Gasteiger partial charge in [-0.25, -0.2) is 0 Å². The van der Waals surface area contributed by atoms with E-state index in [-0.39, 0.29) is 5.91 Å². The molecule has 0 aromatic heterocycles. The number of rotatable bonds is 6. The van der Waals surface area contributed by atoms with Gasteiger partial charge >= 0.3 is 0 Å². The maximum atomic E-state index is 13.0. The minimum Gasteiger partial charge on any atom is -0.493 e. The predicted octanol–water partition coefficient (Wildman–Crippen LogP) is 5.84. The van der Waals surface area contributed by atoms with E-state index < -0.39 is 0 Å². The minimum atomic E-state index is -0.164. The zero-order chi connectivity index (χ0) is 21.8. The summed E-state index contributed by atoms with van der Waals surface area (Å²) < 4.78 is 12.3. The number of methoxy groups -OCH3 is 1. The van der Waals surface area contributed by atoms with Gasteiger partial charge in [-0.1, -0.05) is 48.5 Å². The number of para-hydroxylation sites is 1. The first-order valence-corrected chi connectivity index (χ1v) is 10.6. The summed E-state index contributed by atoms with van der Waals surface area (Å²) >= 11 is 3.58. The number of amides is 1. The van der Waals surface area contributed by atoms with Gasteiger partial charge in [-0.3, -0.25) is 4.79 Å². The first kappa shape index (κ1) is 20.9. The highest BCUT2D eigenvalue weighted by molar-refractivity contribution is 9.10. The Labute approximate surface area is 189 Å². The number of halogens is 1. The van der Waals surface area contributed by atoms with Crippen molar-refractivity contribution in [1.82, 2.24) is 0 Å². The van der Waals surface area contributed by atoms with E-state index in [0.717, 1.165) is 21.3 Å². The highest BCUT2D eigenvalue weighted by Gasteiger charge is 2.28. The highest BCUT2D eigenvalue weighted by Crippen LogP contribution is 2.38. The molecule has 0 unspecified atom stereocenters. The lowest BCUT2D eigenvalue weighted by atomic mass is 10.1. The van der Waals surface area contributed by atoms with Crippen molar-refractivity contribution < 1.29 is 14.3 Å². The van der Waals surface area contributed by atoms with Crippen molar-refractivity contribution in [2.75, 3.05) is 12.1 Å². The van der Waals surface area contributed by atoms with Gasteiger partial charge in [0.15, 0.2) is 11.5 Å². The van der Waals surface area contributed by atoms with Gasteiger partial charge in [-0.15, -0.1) is 0 Å². The Balaban J connectivity index is 1.60. The second-order valence-electron chi connectivity index (χ2n) is 7.00. The van der Waals surface area contributed by atoms with Gasteiger partial charge in [-0.05, 0) is 64.3 Å². The molecule has 1 amide bonds. The van der Waals surface area contributed by atoms with E-state index in [1.807, 2.05) is 85.8 Å². The Morgan fingerprint density at radius 2 is 1.71 bits per heavy atom. The van der Waals surface area contributed by atoms with Crippen LogP contribution in [0.2, 0.25) is 0 Å². The quantitative estimate of drug-likeness (QED) is 0.419. The number of anilines is 1. The Bertz CT molecular complexity index is 1160. The molecule has 0 saturated heterocycles. The largest absolute Gasteiger partial charge is 0.493 e. The molecule has 3 aromatic carbocycles. The average molecular weight is 477 g/mol. The van der Waals surface area contributed by atoms with E-state index in [9.17, 15) is 4.79 Å². The molecule has 0 saturated carbocycles. The maximum Gasteiger partial charge on any atom is 0.280 e. The first-order chi connectivity index (χ1) is 15.1. The average Bonchev–Trinajstić information content (AvgIpc) is 3.07. The van der Waals surface area contributed by atoms with Crippen LogP contribution in [0.3, 0.4) is 0 Å². The number of hydrogen-bond donors (Lipinski definition) is 0. The number of benzene rings is 3.